The third-order valence-corrected chi connectivity index (χ3v) is 7.25. The van der Waals surface area contributed by atoms with Crippen LogP contribution in [0.5, 0.6) is 5.75 Å². The lowest BCUT2D eigenvalue weighted by Crippen LogP contribution is -2.20. The van der Waals surface area contributed by atoms with Crippen molar-refractivity contribution in [1.29, 1.82) is 0 Å². The SMILES string of the molecule is COc1cc2c(cc1NS(=O)(=O)c1ccc(NCc3ccc(F)cc3)cc1)CCN(C)CC2. The molecule has 0 aromatic heterocycles. The van der Waals surface area contributed by atoms with Crippen molar-refractivity contribution in [2.24, 2.45) is 0 Å². The van der Waals surface area contributed by atoms with Crippen molar-refractivity contribution < 1.29 is 17.5 Å². The number of methoxy groups -OCH3 is 1. The van der Waals surface area contributed by atoms with E-state index < -0.39 is 10.0 Å². The Bertz CT molecular complexity index is 1210. The highest BCUT2D eigenvalue weighted by molar-refractivity contribution is 7.92. The molecule has 1 aliphatic rings. The molecular formula is C25H28FN3O3S. The van der Waals surface area contributed by atoms with Gasteiger partial charge >= 0.3 is 0 Å². The molecule has 4 rings (SSSR count). The zero-order chi connectivity index (χ0) is 23.4. The molecule has 0 bridgehead atoms. The summed E-state index contributed by atoms with van der Waals surface area (Å²) in [4.78, 5) is 2.42. The maximum atomic E-state index is 13.0. The summed E-state index contributed by atoms with van der Waals surface area (Å²) in [5, 5.41) is 3.21. The Morgan fingerprint density at radius 3 is 2.24 bits per heavy atom. The fourth-order valence-electron chi connectivity index (χ4n) is 3.88. The predicted molar refractivity (Wildman–Crippen MR) is 129 cm³/mol. The van der Waals surface area contributed by atoms with Gasteiger partial charge in [0.1, 0.15) is 11.6 Å². The van der Waals surface area contributed by atoms with Crippen molar-refractivity contribution in [2.45, 2.75) is 24.3 Å². The third kappa shape index (κ3) is 5.64. The second-order valence-corrected chi connectivity index (χ2v) is 9.92. The van der Waals surface area contributed by atoms with Crippen LogP contribution in [-0.2, 0) is 29.4 Å². The molecule has 0 spiro atoms. The first-order valence-corrected chi connectivity index (χ1v) is 12.3. The number of fused-ring (bicyclic) bond motifs is 1. The first-order chi connectivity index (χ1) is 15.8. The number of likely N-dealkylation sites (N-methyl/N-ethyl adjacent to an activating group) is 1. The summed E-state index contributed by atoms with van der Waals surface area (Å²) in [6.45, 7) is 2.40. The fourth-order valence-corrected chi connectivity index (χ4v) is 4.94. The minimum atomic E-state index is -3.79. The van der Waals surface area contributed by atoms with Crippen molar-refractivity contribution in [3.05, 3.63) is 83.2 Å². The van der Waals surface area contributed by atoms with Crippen LogP contribution in [0.3, 0.4) is 0 Å². The van der Waals surface area contributed by atoms with Crippen molar-refractivity contribution in [3.63, 3.8) is 0 Å². The number of anilines is 2. The Morgan fingerprint density at radius 1 is 0.970 bits per heavy atom. The molecule has 0 aliphatic carbocycles. The molecule has 33 heavy (non-hydrogen) atoms. The smallest absolute Gasteiger partial charge is 0.262 e. The van der Waals surface area contributed by atoms with E-state index in [1.807, 2.05) is 12.1 Å². The summed E-state index contributed by atoms with van der Waals surface area (Å²) >= 11 is 0. The van der Waals surface area contributed by atoms with Gasteiger partial charge in [-0.25, -0.2) is 12.8 Å². The van der Waals surface area contributed by atoms with E-state index in [2.05, 4.69) is 22.0 Å². The zero-order valence-corrected chi connectivity index (χ0v) is 19.6. The summed E-state index contributed by atoms with van der Waals surface area (Å²) in [5.41, 5.74) is 4.47. The van der Waals surface area contributed by atoms with Crippen molar-refractivity contribution in [1.82, 2.24) is 4.90 Å². The molecule has 8 heteroatoms. The van der Waals surface area contributed by atoms with E-state index >= 15 is 0 Å². The number of rotatable bonds is 7. The normalized spacial score (nSPS) is 14.3. The van der Waals surface area contributed by atoms with Gasteiger partial charge in [-0.1, -0.05) is 12.1 Å². The number of nitrogens with zero attached hydrogens (tertiary/aromatic N) is 1. The second-order valence-electron chi connectivity index (χ2n) is 8.23. The Morgan fingerprint density at radius 2 is 1.61 bits per heavy atom. The molecule has 174 valence electrons. The van der Waals surface area contributed by atoms with Gasteiger partial charge in [-0.15, -0.1) is 0 Å². The number of hydrogen-bond donors (Lipinski definition) is 2. The number of hydrogen-bond acceptors (Lipinski definition) is 5. The van der Waals surface area contributed by atoms with E-state index in [1.54, 1.807) is 43.5 Å². The molecule has 0 saturated heterocycles. The Labute approximate surface area is 194 Å². The number of nitrogens with one attached hydrogen (secondary N) is 2. The lowest BCUT2D eigenvalue weighted by Gasteiger charge is -2.16. The summed E-state index contributed by atoms with van der Waals surface area (Å²) in [5.74, 6) is 0.235. The molecule has 0 radical (unpaired) electrons. The molecule has 3 aromatic carbocycles. The molecule has 3 aromatic rings. The average molecular weight is 470 g/mol. The zero-order valence-electron chi connectivity index (χ0n) is 18.8. The van der Waals surface area contributed by atoms with Gasteiger partial charge in [0.05, 0.1) is 17.7 Å². The van der Waals surface area contributed by atoms with Gasteiger partial charge in [0.15, 0.2) is 0 Å². The van der Waals surface area contributed by atoms with E-state index in [0.29, 0.717) is 18.0 Å². The standard InChI is InChI=1S/C25H28FN3O3S/c1-29-13-11-19-15-24(25(32-2)16-20(19)12-14-29)28-33(30,31)23-9-7-22(8-10-23)27-17-18-3-5-21(26)6-4-18/h3-10,15-16,27-28H,11-14,17H2,1-2H3. The maximum Gasteiger partial charge on any atom is 0.262 e. The van der Waals surface area contributed by atoms with Crippen molar-refractivity contribution in [2.75, 3.05) is 37.3 Å². The van der Waals surface area contributed by atoms with Crippen molar-refractivity contribution >= 4 is 21.4 Å². The topological polar surface area (TPSA) is 70.7 Å². The van der Waals surface area contributed by atoms with E-state index in [9.17, 15) is 12.8 Å². The largest absolute Gasteiger partial charge is 0.495 e. The van der Waals surface area contributed by atoms with Crippen LogP contribution >= 0.6 is 0 Å². The Hall–Kier alpha value is -3.10. The van der Waals surface area contributed by atoms with Crippen LogP contribution in [0.4, 0.5) is 15.8 Å². The second kappa shape index (κ2) is 9.80. The van der Waals surface area contributed by atoms with Crippen LogP contribution in [-0.4, -0.2) is 40.6 Å². The van der Waals surface area contributed by atoms with Crippen molar-refractivity contribution in [3.8, 4) is 5.75 Å². The monoisotopic (exact) mass is 469 g/mol. The molecule has 0 fully saturated rings. The fraction of sp³-hybridized carbons (Fsp3) is 0.280. The number of halogens is 1. The predicted octanol–water partition coefficient (Wildman–Crippen LogP) is 4.28. The lowest BCUT2D eigenvalue weighted by molar-refractivity contribution is 0.352. The number of sulfonamides is 1. The van der Waals surface area contributed by atoms with Crippen LogP contribution < -0.4 is 14.8 Å². The highest BCUT2D eigenvalue weighted by atomic mass is 32.2. The van der Waals surface area contributed by atoms with E-state index in [-0.39, 0.29) is 10.7 Å². The van der Waals surface area contributed by atoms with Crippen LogP contribution in [0.1, 0.15) is 16.7 Å². The number of ether oxygens (including phenoxy) is 1. The van der Waals surface area contributed by atoms with Gasteiger partial charge in [0, 0.05) is 25.3 Å². The lowest BCUT2D eigenvalue weighted by atomic mass is 10.0. The summed E-state index contributed by atoms with van der Waals surface area (Å²) in [6, 6.07) is 16.6. The van der Waals surface area contributed by atoms with Gasteiger partial charge in [-0.2, -0.15) is 0 Å². The molecule has 0 saturated carbocycles. The van der Waals surface area contributed by atoms with E-state index in [4.69, 9.17) is 4.74 Å². The van der Waals surface area contributed by atoms with Gasteiger partial charge in [0.25, 0.3) is 10.0 Å². The molecule has 6 nitrogen and oxygen atoms in total. The maximum absolute atomic E-state index is 13.0. The van der Waals surface area contributed by atoms with Crippen LogP contribution in [0.25, 0.3) is 0 Å². The van der Waals surface area contributed by atoms with Crippen LogP contribution in [0.2, 0.25) is 0 Å². The summed E-state index contributed by atoms with van der Waals surface area (Å²) in [7, 11) is -0.157. The molecule has 1 heterocycles. The van der Waals surface area contributed by atoms with Gasteiger partial charge in [0.2, 0.25) is 0 Å². The quantitative estimate of drug-likeness (QED) is 0.541. The van der Waals surface area contributed by atoms with Crippen LogP contribution in [0, 0.1) is 5.82 Å². The molecular weight excluding hydrogens is 441 g/mol. The van der Waals surface area contributed by atoms with Gasteiger partial charge in [-0.3, -0.25) is 4.72 Å². The molecule has 0 unspecified atom stereocenters. The van der Waals surface area contributed by atoms with E-state index in [0.717, 1.165) is 42.7 Å². The Balaban J connectivity index is 1.48. The first kappa shape index (κ1) is 23.1. The molecule has 2 N–H and O–H groups in total. The summed E-state index contributed by atoms with van der Waals surface area (Å²) < 4.78 is 47.3. The molecule has 0 atom stereocenters. The molecule has 1 aliphatic heterocycles. The van der Waals surface area contributed by atoms with Crippen LogP contribution in [0.15, 0.2) is 65.6 Å². The number of benzene rings is 3. The van der Waals surface area contributed by atoms with E-state index in [1.165, 1.54) is 17.7 Å². The summed E-state index contributed by atoms with van der Waals surface area (Å²) in [6.07, 6.45) is 1.76. The highest BCUT2D eigenvalue weighted by Crippen LogP contribution is 2.32. The Kier molecular flexibility index (Phi) is 6.85. The third-order valence-electron chi connectivity index (χ3n) is 5.87. The minimum absolute atomic E-state index is 0.159. The molecule has 0 amide bonds. The highest BCUT2D eigenvalue weighted by Gasteiger charge is 2.20. The first-order valence-electron chi connectivity index (χ1n) is 10.8. The van der Waals surface area contributed by atoms with Gasteiger partial charge in [-0.05, 0) is 85.1 Å². The minimum Gasteiger partial charge on any atom is -0.495 e. The average Bonchev–Trinajstić information content (AvgIpc) is 2.99. The van der Waals surface area contributed by atoms with Gasteiger partial charge < -0.3 is 15.0 Å².